The van der Waals surface area contributed by atoms with E-state index in [4.69, 9.17) is 5.73 Å². The second kappa shape index (κ2) is 5.87. The molecule has 0 unspecified atom stereocenters. The highest BCUT2D eigenvalue weighted by molar-refractivity contribution is 7.89. The van der Waals surface area contributed by atoms with Crippen molar-refractivity contribution in [1.82, 2.24) is 14.3 Å². The summed E-state index contributed by atoms with van der Waals surface area (Å²) in [6.45, 7) is 4.01. The minimum atomic E-state index is -3.56. The van der Waals surface area contributed by atoms with Crippen LogP contribution < -0.4 is 10.5 Å². The van der Waals surface area contributed by atoms with Crippen LogP contribution in [0.25, 0.3) is 0 Å². The van der Waals surface area contributed by atoms with Crippen molar-refractivity contribution in [3.8, 4) is 0 Å². The molecule has 0 aliphatic rings. The SMILES string of the molecule is Cc1cc(S(=O)(=O)NCCc2nccn2C)cc(N)c1C. The van der Waals surface area contributed by atoms with E-state index in [-0.39, 0.29) is 4.90 Å². The van der Waals surface area contributed by atoms with Gasteiger partial charge in [-0.05, 0) is 37.1 Å². The standard InChI is InChI=1S/C14H20N4O2S/c1-10-8-12(9-13(15)11(10)2)21(19,20)17-5-4-14-16-6-7-18(14)3/h6-9,17H,4-5,15H2,1-3H3. The van der Waals surface area contributed by atoms with Gasteiger partial charge in [-0.2, -0.15) is 0 Å². The Balaban J connectivity index is 2.10. The molecule has 0 radical (unpaired) electrons. The van der Waals surface area contributed by atoms with E-state index in [1.54, 1.807) is 12.3 Å². The van der Waals surface area contributed by atoms with Crippen LogP contribution in [0.1, 0.15) is 17.0 Å². The molecular weight excluding hydrogens is 288 g/mol. The van der Waals surface area contributed by atoms with Crippen LogP contribution in [-0.4, -0.2) is 24.5 Å². The fraction of sp³-hybridized carbons (Fsp3) is 0.357. The number of hydrogen-bond donors (Lipinski definition) is 2. The molecule has 0 atom stereocenters. The van der Waals surface area contributed by atoms with Crippen molar-refractivity contribution in [3.05, 3.63) is 41.5 Å². The average Bonchev–Trinajstić information content (AvgIpc) is 2.81. The number of benzene rings is 1. The highest BCUT2D eigenvalue weighted by Crippen LogP contribution is 2.21. The van der Waals surface area contributed by atoms with Gasteiger partial charge in [-0.3, -0.25) is 0 Å². The first-order valence-electron chi connectivity index (χ1n) is 6.64. The zero-order valence-corrected chi connectivity index (χ0v) is 13.2. The number of hydrogen-bond acceptors (Lipinski definition) is 4. The van der Waals surface area contributed by atoms with Crippen LogP contribution in [-0.2, 0) is 23.5 Å². The van der Waals surface area contributed by atoms with Gasteiger partial charge in [0.25, 0.3) is 0 Å². The maximum absolute atomic E-state index is 12.3. The summed E-state index contributed by atoms with van der Waals surface area (Å²) >= 11 is 0. The third-order valence-electron chi connectivity index (χ3n) is 3.55. The zero-order valence-electron chi connectivity index (χ0n) is 12.4. The van der Waals surface area contributed by atoms with Crippen molar-refractivity contribution >= 4 is 15.7 Å². The van der Waals surface area contributed by atoms with Gasteiger partial charge < -0.3 is 10.3 Å². The normalized spacial score (nSPS) is 11.8. The molecule has 0 fully saturated rings. The van der Waals surface area contributed by atoms with Gasteiger partial charge in [0.05, 0.1) is 4.90 Å². The molecule has 6 nitrogen and oxygen atoms in total. The highest BCUT2D eigenvalue weighted by atomic mass is 32.2. The summed E-state index contributed by atoms with van der Waals surface area (Å²) in [7, 11) is -1.68. The molecule has 1 heterocycles. The van der Waals surface area contributed by atoms with E-state index >= 15 is 0 Å². The monoisotopic (exact) mass is 308 g/mol. The summed E-state index contributed by atoms with van der Waals surface area (Å²) in [6.07, 6.45) is 4.05. The van der Waals surface area contributed by atoms with Gasteiger partial charge in [-0.25, -0.2) is 18.1 Å². The van der Waals surface area contributed by atoms with E-state index in [0.717, 1.165) is 17.0 Å². The topological polar surface area (TPSA) is 90.0 Å². The molecule has 0 saturated carbocycles. The Morgan fingerprint density at radius 1 is 1.33 bits per heavy atom. The smallest absolute Gasteiger partial charge is 0.240 e. The van der Waals surface area contributed by atoms with Crippen LogP contribution in [0, 0.1) is 13.8 Å². The molecule has 1 aromatic carbocycles. The lowest BCUT2D eigenvalue weighted by Crippen LogP contribution is -2.27. The minimum Gasteiger partial charge on any atom is -0.398 e. The number of nitrogens with zero attached hydrogens (tertiary/aromatic N) is 2. The maximum Gasteiger partial charge on any atom is 0.240 e. The molecule has 0 aliphatic carbocycles. The van der Waals surface area contributed by atoms with Gasteiger partial charge in [-0.1, -0.05) is 0 Å². The minimum absolute atomic E-state index is 0.197. The fourth-order valence-electron chi connectivity index (χ4n) is 2.03. The van der Waals surface area contributed by atoms with Crippen molar-refractivity contribution in [2.45, 2.75) is 25.2 Å². The Hall–Kier alpha value is -1.86. The molecular formula is C14H20N4O2S. The fourth-order valence-corrected chi connectivity index (χ4v) is 3.18. The largest absolute Gasteiger partial charge is 0.398 e. The van der Waals surface area contributed by atoms with Gasteiger partial charge in [0.2, 0.25) is 10.0 Å². The summed E-state index contributed by atoms with van der Waals surface area (Å²) in [6, 6.07) is 3.13. The van der Waals surface area contributed by atoms with Crippen LogP contribution in [0.15, 0.2) is 29.4 Å². The molecule has 3 N–H and O–H groups in total. The first kappa shape index (κ1) is 15.5. The van der Waals surface area contributed by atoms with Crippen molar-refractivity contribution in [1.29, 1.82) is 0 Å². The van der Waals surface area contributed by atoms with Gasteiger partial charge in [0.15, 0.2) is 0 Å². The number of nitrogens with one attached hydrogen (secondary N) is 1. The number of sulfonamides is 1. The van der Waals surface area contributed by atoms with E-state index < -0.39 is 10.0 Å². The summed E-state index contributed by atoms with van der Waals surface area (Å²) in [5.41, 5.74) is 8.09. The Kier molecular flexibility index (Phi) is 4.34. The second-order valence-corrected chi connectivity index (χ2v) is 6.82. The summed E-state index contributed by atoms with van der Waals surface area (Å²) in [5, 5.41) is 0. The molecule has 0 spiro atoms. The highest BCUT2D eigenvalue weighted by Gasteiger charge is 2.16. The van der Waals surface area contributed by atoms with Crippen LogP contribution in [0.3, 0.4) is 0 Å². The van der Waals surface area contributed by atoms with E-state index in [9.17, 15) is 8.42 Å². The van der Waals surface area contributed by atoms with E-state index in [1.165, 1.54) is 6.07 Å². The van der Waals surface area contributed by atoms with Gasteiger partial charge >= 0.3 is 0 Å². The Bertz CT molecular complexity index is 727. The Morgan fingerprint density at radius 2 is 2.05 bits per heavy atom. The summed E-state index contributed by atoms with van der Waals surface area (Å²) < 4.78 is 29.0. The van der Waals surface area contributed by atoms with Crippen molar-refractivity contribution < 1.29 is 8.42 Å². The van der Waals surface area contributed by atoms with Gasteiger partial charge in [-0.15, -0.1) is 0 Å². The molecule has 2 rings (SSSR count). The quantitative estimate of drug-likeness (QED) is 0.811. The maximum atomic E-state index is 12.3. The average molecular weight is 308 g/mol. The Labute approximate surface area is 125 Å². The molecule has 7 heteroatoms. The predicted octanol–water partition coefficient (Wildman–Crippen LogP) is 1.14. The van der Waals surface area contributed by atoms with Crippen molar-refractivity contribution in [2.24, 2.45) is 7.05 Å². The number of aromatic nitrogens is 2. The summed E-state index contributed by atoms with van der Waals surface area (Å²) in [5.74, 6) is 0.831. The Morgan fingerprint density at radius 3 is 2.62 bits per heavy atom. The molecule has 2 aromatic rings. The van der Waals surface area contributed by atoms with Crippen LogP contribution in [0.4, 0.5) is 5.69 Å². The first-order valence-corrected chi connectivity index (χ1v) is 8.12. The van der Waals surface area contributed by atoms with Gasteiger partial charge in [0.1, 0.15) is 5.82 Å². The zero-order chi connectivity index (χ0) is 15.6. The molecule has 1 aromatic heterocycles. The molecule has 21 heavy (non-hydrogen) atoms. The predicted molar refractivity (Wildman–Crippen MR) is 82.4 cm³/mol. The van der Waals surface area contributed by atoms with Crippen LogP contribution in [0.5, 0.6) is 0 Å². The summed E-state index contributed by atoms with van der Waals surface area (Å²) in [4.78, 5) is 4.35. The molecule has 0 amide bonds. The lowest BCUT2D eigenvalue weighted by atomic mass is 10.1. The van der Waals surface area contributed by atoms with Crippen molar-refractivity contribution in [2.75, 3.05) is 12.3 Å². The lowest BCUT2D eigenvalue weighted by Gasteiger charge is -2.11. The molecule has 114 valence electrons. The number of nitrogens with two attached hydrogens (primary N) is 1. The number of aryl methyl sites for hydroxylation is 2. The number of rotatable bonds is 5. The first-order chi connectivity index (χ1) is 9.81. The molecule has 0 bridgehead atoms. The third-order valence-corrected chi connectivity index (χ3v) is 4.99. The van der Waals surface area contributed by atoms with Gasteiger partial charge in [0, 0.05) is 38.1 Å². The van der Waals surface area contributed by atoms with E-state index in [2.05, 4.69) is 9.71 Å². The second-order valence-electron chi connectivity index (χ2n) is 5.06. The van der Waals surface area contributed by atoms with Crippen LogP contribution >= 0.6 is 0 Å². The van der Waals surface area contributed by atoms with Crippen LogP contribution in [0.2, 0.25) is 0 Å². The molecule has 0 aliphatic heterocycles. The number of anilines is 1. The van der Waals surface area contributed by atoms with E-state index in [1.807, 2.05) is 31.7 Å². The lowest BCUT2D eigenvalue weighted by molar-refractivity contribution is 0.580. The third kappa shape index (κ3) is 3.43. The number of imidazole rings is 1. The van der Waals surface area contributed by atoms with E-state index in [0.29, 0.717) is 18.7 Å². The molecule has 0 saturated heterocycles. The van der Waals surface area contributed by atoms with Crippen molar-refractivity contribution in [3.63, 3.8) is 0 Å². The number of nitrogen functional groups attached to an aromatic ring is 1.